The molecule has 0 spiro atoms. The van der Waals surface area contributed by atoms with Crippen molar-refractivity contribution in [3.05, 3.63) is 96.6 Å². The summed E-state index contributed by atoms with van der Waals surface area (Å²) < 4.78 is 53.3. The topological polar surface area (TPSA) is 127 Å². The van der Waals surface area contributed by atoms with E-state index in [1.54, 1.807) is 41.6 Å². The van der Waals surface area contributed by atoms with Crippen molar-refractivity contribution in [1.82, 2.24) is 19.9 Å². The maximum absolute atomic E-state index is 13.8. The van der Waals surface area contributed by atoms with Crippen molar-refractivity contribution in [2.75, 3.05) is 29.0 Å². The van der Waals surface area contributed by atoms with Crippen molar-refractivity contribution >= 4 is 44.2 Å². The third-order valence-electron chi connectivity index (χ3n) is 8.11. The molecule has 1 N–H and O–H groups in total. The van der Waals surface area contributed by atoms with E-state index in [0.29, 0.717) is 64.1 Å². The molecular formula is C37H39FN6O5S. The Morgan fingerprint density at radius 1 is 0.980 bits per heavy atom. The van der Waals surface area contributed by atoms with Crippen LogP contribution in [0.25, 0.3) is 22.0 Å². The number of aryl methyl sites for hydroxylation is 1. The van der Waals surface area contributed by atoms with Gasteiger partial charge in [-0.05, 0) is 94.6 Å². The molecule has 1 atom stereocenters. The Hall–Kier alpha value is -5.30. The minimum absolute atomic E-state index is 0.0647. The summed E-state index contributed by atoms with van der Waals surface area (Å²) in [6.07, 6.45) is 5.70. The summed E-state index contributed by atoms with van der Waals surface area (Å²) in [6.45, 7) is 8.53. The third-order valence-corrected chi connectivity index (χ3v) is 9.18. The van der Waals surface area contributed by atoms with E-state index in [1.165, 1.54) is 28.6 Å². The molecule has 1 saturated heterocycles. The van der Waals surface area contributed by atoms with Crippen LogP contribution in [0.2, 0.25) is 0 Å². The SMILES string of the molecule is Cc1ccc2c(N(c3ccc(F)cc3)S(C)(=O)=O)cccc2c1Oc1ncccc1-c1ccnc(NC2CCCN(C(=O)OC(C)(C)C)C2)n1. The van der Waals surface area contributed by atoms with Crippen LogP contribution in [0.3, 0.4) is 0 Å². The second-order valence-electron chi connectivity index (χ2n) is 13.2. The monoisotopic (exact) mass is 698 g/mol. The molecule has 1 amide bonds. The van der Waals surface area contributed by atoms with E-state index in [1.807, 2.05) is 52.0 Å². The molecule has 2 aromatic heterocycles. The first kappa shape index (κ1) is 34.6. The van der Waals surface area contributed by atoms with E-state index in [9.17, 15) is 17.6 Å². The number of pyridine rings is 1. The van der Waals surface area contributed by atoms with Crippen molar-refractivity contribution in [2.24, 2.45) is 0 Å². The van der Waals surface area contributed by atoms with Crippen LogP contribution >= 0.6 is 0 Å². The van der Waals surface area contributed by atoms with Gasteiger partial charge in [0.2, 0.25) is 21.9 Å². The number of carbonyl (C=O) groups excluding carboxylic acids is 1. The second-order valence-corrected chi connectivity index (χ2v) is 15.1. The largest absolute Gasteiger partial charge is 0.444 e. The summed E-state index contributed by atoms with van der Waals surface area (Å²) >= 11 is 0. The number of nitrogens with zero attached hydrogens (tertiary/aromatic N) is 5. The highest BCUT2D eigenvalue weighted by Crippen LogP contribution is 2.41. The van der Waals surface area contributed by atoms with Crippen LogP contribution < -0.4 is 14.4 Å². The molecule has 1 aliphatic rings. The van der Waals surface area contributed by atoms with E-state index in [4.69, 9.17) is 14.5 Å². The molecule has 6 rings (SSSR count). The van der Waals surface area contributed by atoms with E-state index in [-0.39, 0.29) is 12.1 Å². The fourth-order valence-corrected chi connectivity index (χ4v) is 6.95. The number of rotatable bonds is 8. The number of amides is 1. The van der Waals surface area contributed by atoms with Crippen LogP contribution in [0.15, 0.2) is 85.2 Å². The van der Waals surface area contributed by atoms with Gasteiger partial charge in [-0.1, -0.05) is 24.3 Å². The summed E-state index contributed by atoms with van der Waals surface area (Å²) in [7, 11) is -3.82. The van der Waals surface area contributed by atoms with Crippen molar-refractivity contribution in [2.45, 2.75) is 52.2 Å². The fourth-order valence-electron chi connectivity index (χ4n) is 5.93. The first-order valence-corrected chi connectivity index (χ1v) is 18.1. The molecule has 1 unspecified atom stereocenters. The predicted molar refractivity (Wildman–Crippen MR) is 192 cm³/mol. The van der Waals surface area contributed by atoms with Gasteiger partial charge in [0.15, 0.2) is 0 Å². The molecule has 13 heteroatoms. The van der Waals surface area contributed by atoms with E-state index < -0.39 is 21.4 Å². The number of hydrogen-bond donors (Lipinski definition) is 1. The van der Waals surface area contributed by atoms with Crippen molar-refractivity contribution < 1.29 is 27.1 Å². The normalized spacial score (nSPS) is 15.1. The zero-order valence-electron chi connectivity index (χ0n) is 28.6. The molecule has 5 aromatic rings. The number of ether oxygens (including phenoxy) is 2. The highest BCUT2D eigenvalue weighted by atomic mass is 32.2. The lowest BCUT2D eigenvalue weighted by molar-refractivity contribution is 0.0206. The van der Waals surface area contributed by atoms with Gasteiger partial charge in [-0.3, -0.25) is 0 Å². The quantitative estimate of drug-likeness (QED) is 0.172. The Bertz CT molecular complexity index is 2140. The highest BCUT2D eigenvalue weighted by molar-refractivity contribution is 7.92. The van der Waals surface area contributed by atoms with Crippen LogP contribution in [0.4, 0.5) is 26.5 Å². The zero-order valence-corrected chi connectivity index (χ0v) is 29.4. The highest BCUT2D eigenvalue weighted by Gasteiger charge is 2.28. The summed E-state index contributed by atoms with van der Waals surface area (Å²) in [4.78, 5) is 28.2. The average molecular weight is 699 g/mol. The Morgan fingerprint density at radius 2 is 1.76 bits per heavy atom. The molecule has 260 valence electrons. The minimum atomic E-state index is -3.82. The molecule has 0 bridgehead atoms. The molecule has 50 heavy (non-hydrogen) atoms. The Morgan fingerprint density at radius 3 is 2.50 bits per heavy atom. The molecule has 0 aliphatic carbocycles. The second kappa shape index (κ2) is 13.9. The molecule has 1 fully saturated rings. The van der Waals surface area contributed by atoms with Gasteiger partial charge in [0.25, 0.3) is 0 Å². The summed E-state index contributed by atoms with van der Waals surface area (Å²) in [5, 5.41) is 4.65. The lowest BCUT2D eigenvalue weighted by Gasteiger charge is -2.34. The number of aromatic nitrogens is 3. The number of anilines is 3. The number of nitrogens with one attached hydrogen (secondary N) is 1. The number of benzene rings is 3. The number of fused-ring (bicyclic) bond motifs is 1. The molecule has 1 aliphatic heterocycles. The fraction of sp³-hybridized carbons (Fsp3) is 0.297. The van der Waals surface area contributed by atoms with E-state index >= 15 is 0 Å². The van der Waals surface area contributed by atoms with Gasteiger partial charge < -0.3 is 19.7 Å². The number of halogens is 1. The number of sulfonamides is 1. The first-order chi connectivity index (χ1) is 23.8. The zero-order chi connectivity index (χ0) is 35.6. The van der Waals surface area contributed by atoms with Gasteiger partial charge in [-0.25, -0.2) is 36.9 Å². The molecule has 0 radical (unpaired) electrons. The summed E-state index contributed by atoms with van der Waals surface area (Å²) in [6, 6.07) is 19.6. The van der Waals surface area contributed by atoms with Crippen molar-refractivity contribution in [1.29, 1.82) is 0 Å². The number of likely N-dealkylation sites (tertiary alicyclic amines) is 1. The van der Waals surface area contributed by atoms with Crippen LogP contribution in [-0.4, -0.2) is 65.4 Å². The Labute approximate surface area is 291 Å². The predicted octanol–water partition coefficient (Wildman–Crippen LogP) is 7.84. The van der Waals surface area contributed by atoms with Crippen molar-refractivity contribution in [3.8, 4) is 22.9 Å². The summed E-state index contributed by atoms with van der Waals surface area (Å²) in [5.74, 6) is 0.725. The average Bonchev–Trinajstić information content (AvgIpc) is 3.06. The number of carbonyl (C=O) groups is 1. The Kier molecular flexibility index (Phi) is 9.61. The smallest absolute Gasteiger partial charge is 0.410 e. The van der Waals surface area contributed by atoms with E-state index in [2.05, 4.69) is 15.3 Å². The molecule has 11 nitrogen and oxygen atoms in total. The lowest BCUT2D eigenvalue weighted by atomic mass is 10.0. The van der Waals surface area contributed by atoms with Gasteiger partial charge in [0.05, 0.1) is 28.9 Å². The standard InChI is InChI=1S/C37H39FN6O5S/c1-24-13-18-28-29(10-6-12-32(28)44(50(5,46)47)27-16-14-25(38)15-17-27)33(24)48-34-30(11-7-20-39-34)31-19-21-40-35(42-31)41-26-9-8-22-43(23-26)36(45)49-37(2,3)4/h6-7,10-21,26H,8-9,22-23H2,1-5H3,(H,40,41,42). The van der Waals surface area contributed by atoms with Crippen LogP contribution in [0.1, 0.15) is 39.2 Å². The molecule has 0 saturated carbocycles. The van der Waals surface area contributed by atoms with Crippen molar-refractivity contribution in [3.63, 3.8) is 0 Å². The third kappa shape index (κ3) is 7.78. The maximum Gasteiger partial charge on any atom is 0.410 e. The van der Waals surface area contributed by atoms with Crippen LogP contribution in [0, 0.1) is 12.7 Å². The van der Waals surface area contributed by atoms with E-state index in [0.717, 1.165) is 24.7 Å². The van der Waals surface area contributed by atoms with Crippen LogP contribution in [0.5, 0.6) is 11.6 Å². The molecule has 3 aromatic carbocycles. The lowest BCUT2D eigenvalue weighted by Crippen LogP contribution is -2.47. The number of piperidine rings is 1. The van der Waals surface area contributed by atoms with Gasteiger partial charge in [-0.2, -0.15) is 0 Å². The summed E-state index contributed by atoms with van der Waals surface area (Å²) in [5.41, 5.74) is 2.11. The van der Waals surface area contributed by atoms with Gasteiger partial charge in [0, 0.05) is 42.3 Å². The van der Waals surface area contributed by atoms with Gasteiger partial charge in [-0.15, -0.1) is 0 Å². The minimum Gasteiger partial charge on any atom is -0.444 e. The van der Waals surface area contributed by atoms with Gasteiger partial charge >= 0.3 is 6.09 Å². The van der Waals surface area contributed by atoms with Crippen LogP contribution in [-0.2, 0) is 14.8 Å². The molecular weight excluding hydrogens is 660 g/mol. The first-order valence-electron chi connectivity index (χ1n) is 16.3. The van der Waals surface area contributed by atoms with Gasteiger partial charge in [0.1, 0.15) is 17.2 Å². The number of hydrogen-bond acceptors (Lipinski definition) is 9. The maximum atomic E-state index is 13.8. The molecule has 3 heterocycles. The Balaban J connectivity index is 1.30.